The van der Waals surface area contributed by atoms with Gasteiger partial charge >= 0.3 is 11.9 Å². The first-order valence-electron chi connectivity index (χ1n) is 20.8. The maximum absolute atomic E-state index is 12.5. The van der Waals surface area contributed by atoms with Crippen molar-refractivity contribution in [2.75, 3.05) is 32.8 Å². The van der Waals surface area contributed by atoms with Crippen LogP contribution in [0.3, 0.4) is 0 Å². The fraction of sp³-hybridized carbons (Fsp3) is 0.951. The van der Waals surface area contributed by atoms with Crippen LogP contribution in [0.2, 0.25) is 0 Å². The molecule has 0 aliphatic heterocycles. The zero-order chi connectivity index (χ0) is 34.5. The topological polar surface area (TPSA) is 76.1 Å². The minimum absolute atomic E-state index is 0.00441. The van der Waals surface area contributed by atoms with Gasteiger partial charge in [0.2, 0.25) is 0 Å². The Balaban J connectivity index is 3.82. The molecule has 0 rings (SSSR count). The Kier molecular flexibility index (Phi) is 36.8. The molecular formula is C41H81NO5. The Bertz CT molecular complexity index is 658. The van der Waals surface area contributed by atoms with Gasteiger partial charge in [-0.25, -0.2) is 0 Å². The molecule has 1 atom stereocenters. The predicted octanol–water partition coefficient (Wildman–Crippen LogP) is 11.5. The third kappa shape index (κ3) is 34.5. The molecule has 0 saturated heterocycles. The Morgan fingerprint density at radius 2 is 0.915 bits per heavy atom. The van der Waals surface area contributed by atoms with Crippen molar-refractivity contribution in [1.29, 1.82) is 0 Å². The molecule has 280 valence electrons. The highest BCUT2D eigenvalue weighted by molar-refractivity contribution is 5.69. The van der Waals surface area contributed by atoms with Crippen LogP contribution < -0.4 is 0 Å². The van der Waals surface area contributed by atoms with E-state index in [4.69, 9.17) is 9.47 Å². The van der Waals surface area contributed by atoms with Crippen LogP contribution >= 0.6 is 0 Å². The molecular weight excluding hydrogens is 586 g/mol. The average molecular weight is 668 g/mol. The monoisotopic (exact) mass is 668 g/mol. The van der Waals surface area contributed by atoms with Gasteiger partial charge in [0.05, 0.1) is 13.2 Å². The molecule has 47 heavy (non-hydrogen) atoms. The number of carbonyl (C=O) groups is 2. The summed E-state index contributed by atoms with van der Waals surface area (Å²) in [6.07, 6.45) is 34.3. The molecule has 0 aliphatic rings. The number of aliphatic hydroxyl groups excluding tert-OH is 1. The summed E-state index contributed by atoms with van der Waals surface area (Å²) in [5, 5.41) is 9.49. The van der Waals surface area contributed by atoms with E-state index in [9.17, 15) is 14.7 Å². The molecule has 0 aliphatic carbocycles. The molecule has 0 saturated carbocycles. The molecule has 0 radical (unpaired) electrons. The van der Waals surface area contributed by atoms with Gasteiger partial charge in [0.15, 0.2) is 0 Å². The summed E-state index contributed by atoms with van der Waals surface area (Å²) in [5.74, 6) is -0.0555. The summed E-state index contributed by atoms with van der Waals surface area (Å²) < 4.78 is 11.3. The fourth-order valence-electron chi connectivity index (χ4n) is 6.33. The van der Waals surface area contributed by atoms with Crippen LogP contribution in [0.25, 0.3) is 0 Å². The summed E-state index contributed by atoms with van der Waals surface area (Å²) in [5.41, 5.74) is 0. The lowest BCUT2D eigenvalue weighted by Gasteiger charge is -2.21. The number of ether oxygens (including phenoxy) is 2. The highest BCUT2D eigenvalue weighted by Crippen LogP contribution is 2.17. The smallest absolute Gasteiger partial charge is 0.306 e. The van der Waals surface area contributed by atoms with E-state index in [2.05, 4.69) is 25.7 Å². The largest absolute Gasteiger partial charge is 0.466 e. The van der Waals surface area contributed by atoms with Crippen LogP contribution in [0.15, 0.2) is 0 Å². The molecule has 0 fully saturated rings. The number of rotatable bonds is 38. The third-order valence-corrected chi connectivity index (χ3v) is 9.45. The number of esters is 2. The second kappa shape index (κ2) is 37.7. The molecule has 0 aromatic carbocycles. The van der Waals surface area contributed by atoms with E-state index in [0.717, 1.165) is 103 Å². The first-order valence-corrected chi connectivity index (χ1v) is 20.8. The first-order chi connectivity index (χ1) is 23.1. The normalized spacial score (nSPS) is 12.1. The van der Waals surface area contributed by atoms with E-state index in [1.54, 1.807) is 0 Å². The number of hydrogen-bond acceptors (Lipinski definition) is 6. The molecule has 0 amide bonds. The van der Waals surface area contributed by atoms with Crippen LogP contribution in [0.4, 0.5) is 0 Å². The van der Waals surface area contributed by atoms with Gasteiger partial charge in [0.25, 0.3) is 0 Å². The molecule has 0 unspecified atom stereocenters. The quantitative estimate of drug-likeness (QED) is 0.0521. The van der Waals surface area contributed by atoms with Crippen molar-refractivity contribution in [2.45, 2.75) is 219 Å². The maximum Gasteiger partial charge on any atom is 0.306 e. The van der Waals surface area contributed by atoms with E-state index >= 15 is 0 Å². The van der Waals surface area contributed by atoms with Gasteiger partial charge in [-0.3, -0.25) is 9.59 Å². The van der Waals surface area contributed by atoms with Crippen molar-refractivity contribution < 1.29 is 24.2 Å². The lowest BCUT2D eigenvalue weighted by Crippen LogP contribution is -2.29. The van der Waals surface area contributed by atoms with Crippen LogP contribution in [-0.4, -0.2) is 60.9 Å². The summed E-state index contributed by atoms with van der Waals surface area (Å²) in [4.78, 5) is 26.9. The van der Waals surface area contributed by atoms with Crippen LogP contribution in [0.1, 0.15) is 213 Å². The number of unbranched alkanes of at least 4 members (excludes halogenated alkanes) is 21. The second-order valence-corrected chi connectivity index (χ2v) is 14.1. The molecule has 6 heteroatoms. The van der Waals surface area contributed by atoms with E-state index in [0.29, 0.717) is 26.0 Å². The van der Waals surface area contributed by atoms with Crippen molar-refractivity contribution in [3.05, 3.63) is 0 Å². The van der Waals surface area contributed by atoms with Gasteiger partial charge in [-0.15, -0.1) is 0 Å². The number of nitrogens with zero attached hydrogens (tertiary/aromatic N) is 1. The summed E-state index contributed by atoms with van der Waals surface area (Å²) in [7, 11) is 0. The van der Waals surface area contributed by atoms with E-state index in [1.165, 1.54) is 89.9 Å². The number of carbonyl (C=O) groups excluding carboxylic acids is 2. The summed E-state index contributed by atoms with van der Waals surface area (Å²) in [6.45, 7) is 10.2. The van der Waals surface area contributed by atoms with Crippen molar-refractivity contribution in [1.82, 2.24) is 4.90 Å². The van der Waals surface area contributed by atoms with Gasteiger partial charge in [0, 0.05) is 19.4 Å². The molecule has 0 spiro atoms. The SMILES string of the molecule is CCCCCCCCCCCOC(=O)CCCCCN(CCO)CCCCCCCC(=O)O[C@@H](CCCC)CCCCCCCCC. The molecule has 0 heterocycles. The van der Waals surface area contributed by atoms with Gasteiger partial charge in [0.1, 0.15) is 6.10 Å². The Morgan fingerprint density at radius 1 is 0.489 bits per heavy atom. The highest BCUT2D eigenvalue weighted by atomic mass is 16.5. The molecule has 6 nitrogen and oxygen atoms in total. The minimum Gasteiger partial charge on any atom is -0.466 e. The van der Waals surface area contributed by atoms with E-state index in [1.807, 2.05) is 0 Å². The van der Waals surface area contributed by atoms with E-state index < -0.39 is 0 Å². The van der Waals surface area contributed by atoms with Gasteiger partial charge in [-0.05, 0) is 64.5 Å². The van der Waals surface area contributed by atoms with Crippen molar-refractivity contribution >= 4 is 11.9 Å². The molecule has 1 N–H and O–H groups in total. The Labute approximate surface area is 292 Å². The maximum atomic E-state index is 12.5. The summed E-state index contributed by atoms with van der Waals surface area (Å²) in [6, 6.07) is 0. The zero-order valence-corrected chi connectivity index (χ0v) is 31.9. The number of hydrogen-bond donors (Lipinski definition) is 1. The number of aliphatic hydroxyl groups is 1. The fourth-order valence-corrected chi connectivity index (χ4v) is 6.33. The standard InChI is InChI=1S/C41H81NO5/c1-4-7-10-12-14-15-17-22-29-38-46-40(44)32-26-23-28-35-42(36-37-43)34-27-21-18-20-25-33-41(45)47-39(30-9-6-3)31-24-19-16-13-11-8-5-2/h39,43H,4-38H2,1-3H3/t39-/m0/s1. The van der Waals surface area contributed by atoms with Gasteiger partial charge in [-0.1, -0.05) is 149 Å². The molecule has 0 aromatic heterocycles. The Hall–Kier alpha value is -1.14. The van der Waals surface area contributed by atoms with Crippen LogP contribution in [0, 0.1) is 0 Å². The first kappa shape index (κ1) is 45.9. The predicted molar refractivity (Wildman–Crippen MR) is 200 cm³/mol. The van der Waals surface area contributed by atoms with Gasteiger partial charge < -0.3 is 19.5 Å². The van der Waals surface area contributed by atoms with Crippen molar-refractivity contribution in [2.24, 2.45) is 0 Å². The third-order valence-electron chi connectivity index (χ3n) is 9.45. The molecule has 0 aromatic rings. The minimum atomic E-state index is -0.0511. The van der Waals surface area contributed by atoms with Crippen molar-refractivity contribution in [3.8, 4) is 0 Å². The second-order valence-electron chi connectivity index (χ2n) is 14.1. The lowest BCUT2D eigenvalue weighted by atomic mass is 10.0. The average Bonchev–Trinajstić information content (AvgIpc) is 3.06. The lowest BCUT2D eigenvalue weighted by molar-refractivity contribution is -0.150. The van der Waals surface area contributed by atoms with Gasteiger partial charge in [-0.2, -0.15) is 0 Å². The van der Waals surface area contributed by atoms with Crippen LogP contribution in [-0.2, 0) is 19.1 Å². The van der Waals surface area contributed by atoms with Crippen LogP contribution in [0.5, 0.6) is 0 Å². The highest BCUT2D eigenvalue weighted by Gasteiger charge is 2.14. The zero-order valence-electron chi connectivity index (χ0n) is 31.9. The van der Waals surface area contributed by atoms with E-state index in [-0.39, 0.29) is 24.6 Å². The molecule has 0 bridgehead atoms. The summed E-state index contributed by atoms with van der Waals surface area (Å²) >= 11 is 0. The Morgan fingerprint density at radius 3 is 1.47 bits per heavy atom. The van der Waals surface area contributed by atoms with Crippen molar-refractivity contribution in [3.63, 3.8) is 0 Å².